The first-order valence-corrected chi connectivity index (χ1v) is 10.8. The van der Waals surface area contributed by atoms with Crippen LogP contribution in [0.4, 0.5) is 14.5 Å². The summed E-state index contributed by atoms with van der Waals surface area (Å²) in [5.41, 5.74) is 1.57. The second-order valence-electron chi connectivity index (χ2n) is 6.52. The van der Waals surface area contributed by atoms with Gasteiger partial charge in [-0.2, -0.15) is 8.78 Å². The second-order valence-corrected chi connectivity index (χ2v) is 8.21. The highest BCUT2D eigenvalue weighted by Gasteiger charge is 2.14. The molecule has 0 bridgehead atoms. The van der Waals surface area contributed by atoms with Crippen LogP contribution in [0.2, 0.25) is 0 Å². The predicted molar refractivity (Wildman–Crippen MR) is 113 cm³/mol. The first-order valence-electron chi connectivity index (χ1n) is 9.33. The molecule has 9 heteroatoms. The van der Waals surface area contributed by atoms with Crippen LogP contribution in [0.25, 0.3) is 0 Å². The van der Waals surface area contributed by atoms with Gasteiger partial charge >= 0.3 is 6.61 Å². The van der Waals surface area contributed by atoms with Crippen LogP contribution in [0.5, 0.6) is 5.75 Å². The van der Waals surface area contributed by atoms with Gasteiger partial charge in [-0.3, -0.25) is 9.52 Å². The number of anilines is 1. The summed E-state index contributed by atoms with van der Waals surface area (Å²) < 4.78 is 55.7. The van der Waals surface area contributed by atoms with E-state index in [1.54, 1.807) is 30.3 Å². The fraction of sp³-hybridized carbons (Fsp3) is 0.136. The Balaban J connectivity index is 1.51. The first-order chi connectivity index (χ1) is 14.8. The van der Waals surface area contributed by atoms with Gasteiger partial charge in [0.2, 0.25) is 0 Å². The minimum absolute atomic E-state index is 0.0748. The Labute approximate surface area is 178 Å². The molecule has 6 nitrogen and oxygen atoms in total. The lowest BCUT2D eigenvalue weighted by Crippen LogP contribution is -2.25. The van der Waals surface area contributed by atoms with Gasteiger partial charge in [0, 0.05) is 17.8 Å². The Kier molecular flexibility index (Phi) is 7.19. The van der Waals surface area contributed by atoms with Gasteiger partial charge in [0.1, 0.15) is 5.75 Å². The van der Waals surface area contributed by atoms with E-state index in [-0.39, 0.29) is 16.6 Å². The average Bonchev–Trinajstić information content (AvgIpc) is 2.75. The van der Waals surface area contributed by atoms with Crippen LogP contribution in [-0.4, -0.2) is 27.5 Å². The number of benzene rings is 3. The minimum Gasteiger partial charge on any atom is -0.435 e. The average molecular weight is 446 g/mol. The minimum atomic E-state index is -3.70. The summed E-state index contributed by atoms with van der Waals surface area (Å²) in [6, 6.07) is 20.2. The second kappa shape index (κ2) is 10.0. The van der Waals surface area contributed by atoms with Crippen LogP contribution in [0.1, 0.15) is 15.9 Å². The molecule has 162 valence electrons. The molecule has 0 aromatic heterocycles. The first kappa shape index (κ1) is 22.2. The van der Waals surface area contributed by atoms with E-state index in [4.69, 9.17) is 0 Å². The standard InChI is InChI=1S/C22H20F2N2O4S/c23-22(24)30-19-12-6-16(7-13-19)14-15-25-21(27)17-8-10-18(11-9-17)26-31(28,29)20-4-2-1-3-5-20/h1-13,22,26H,14-15H2,(H,25,27). The van der Waals surface area contributed by atoms with Gasteiger partial charge in [-0.25, -0.2) is 8.42 Å². The summed E-state index contributed by atoms with van der Waals surface area (Å²) in [6.07, 6.45) is 0.510. The number of amides is 1. The Bertz CT molecular complexity index is 1100. The highest BCUT2D eigenvalue weighted by Crippen LogP contribution is 2.17. The number of ether oxygens (including phenoxy) is 1. The van der Waals surface area contributed by atoms with Crippen molar-refractivity contribution in [2.45, 2.75) is 17.9 Å². The molecule has 0 aliphatic heterocycles. The van der Waals surface area contributed by atoms with Crippen LogP contribution in [0, 0.1) is 0 Å². The third-order valence-electron chi connectivity index (χ3n) is 4.30. The molecule has 0 spiro atoms. The number of halogens is 2. The zero-order valence-electron chi connectivity index (χ0n) is 16.3. The van der Waals surface area contributed by atoms with E-state index in [0.29, 0.717) is 24.2 Å². The Morgan fingerprint density at radius 1 is 0.903 bits per heavy atom. The van der Waals surface area contributed by atoms with Gasteiger partial charge in [-0.1, -0.05) is 30.3 Å². The molecule has 0 heterocycles. The van der Waals surface area contributed by atoms with E-state index < -0.39 is 16.6 Å². The van der Waals surface area contributed by atoms with Crippen LogP contribution in [-0.2, 0) is 16.4 Å². The van der Waals surface area contributed by atoms with E-state index in [0.717, 1.165) is 5.56 Å². The Morgan fingerprint density at radius 3 is 2.16 bits per heavy atom. The third-order valence-corrected chi connectivity index (χ3v) is 5.70. The molecule has 3 aromatic rings. The molecule has 0 atom stereocenters. The van der Waals surface area contributed by atoms with Crippen molar-refractivity contribution >= 4 is 21.6 Å². The van der Waals surface area contributed by atoms with Crippen molar-refractivity contribution in [1.82, 2.24) is 5.32 Å². The van der Waals surface area contributed by atoms with Gasteiger partial charge in [0.05, 0.1) is 4.90 Å². The molecule has 3 rings (SSSR count). The highest BCUT2D eigenvalue weighted by molar-refractivity contribution is 7.92. The molecule has 0 radical (unpaired) electrons. The summed E-state index contributed by atoms with van der Waals surface area (Å²) in [5.74, 6) is -0.235. The molecule has 0 aliphatic carbocycles. The molecule has 0 saturated heterocycles. The molecule has 3 aromatic carbocycles. The zero-order valence-corrected chi connectivity index (χ0v) is 17.1. The van der Waals surface area contributed by atoms with Gasteiger partial charge in [-0.05, 0) is 60.5 Å². The molecule has 0 aliphatic rings. The maximum atomic E-state index is 12.3. The summed E-state index contributed by atoms with van der Waals surface area (Å²) in [6.45, 7) is -2.53. The SMILES string of the molecule is O=C(NCCc1ccc(OC(F)F)cc1)c1ccc(NS(=O)(=O)c2ccccc2)cc1. The quantitative estimate of drug-likeness (QED) is 0.519. The lowest BCUT2D eigenvalue weighted by Gasteiger charge is -2.09. The fourth-order valence-electron chi connectivity index (χ4n) is 2.76. The monoisotopic (exact) mass is 446 g/mol. The molecule has 0 saturated carbocycles. The number of sulfonamides is 1. The van der Waals surface area contributed by atoms with Crippen molar-refractivity contribution in [3.05, 3.63) is 90.0 Å². The topological polar surface area (TPSA) is 84.5 Å². The van der Waals surface area contributed by atoms with Crippen molar-refractivity contribution < 1.29 is 26.7 Å². The fourth-order valence-corrected chi connectivity index (χ4v) is 3.84. The van der Waals surface area contributed by atoms with Gasteiger partial charge in [0.15, 0.2) is 0 Å². The van der Waals surface area contributed by atoms with Crippen LogP contribution in [0.3, 0.4) is 0 Å². The predicted octanol–water partition coefficient (Wildman–Crippen LogP) is 4.06. The number of nitrogens with one attached hydrogen (secondary N) is 2. The van der Waals surface area contributed by atoms with E-state index in [1.165, 1.54) is 48.5 Å². The van der Waals surface area contributed by atoms with Crippen LogP contribution in [0.15, 0.2) is 83.8 Å². The Morgan fingerprint density at radius 2 is 1.55 bits per heavy atom. The largest absolute Gasteiger partial charge is 0.435 e. The van der Waals surface area contributed by atoms with Crippen LogP contribution >= 0.6 is 0 Å². The zero-order chi connectivity index (χ0) is 22.3. The molecular weight excluding hydrogens is 426 g/mol. The van der Waals surface area contributed by atoms with E-state index in [1.807, 2.05) is 0 Å². The number of carbonyl (C=O) groups excluding carboxylic acids is 1. The smallest absolute Gasteiger partial charge is 0.387 e. The number of rotatable bonds is 9. The van der Waals surface area contributed by atoms with E-state index >= 15 is 0 Å². The summed E-state index contributed by atoms with van der Waals surface area (Å²) in [7, 11) is -3.70. The van der Waals surface area contributed by atoms with E-state index in [2.05, 4.69) is 14.8 Å². The molecular formula is C22H20F2N2O4S. The molecule has 1 amide bonds. The number of alkyl halides is 2. The lowest BCUT2D eigenvalue weighted by atomic mass is 10.1. The van der Waals surface area contributed by atoms with Crippen molar-refractivity contribution in [3.8, 4) is 5.75 Å². The van der Waals surface area contributed by atoms with Gasteiger partial charge in [0.25, 0.3) is 15.9 Å². The molecule has 0 fully saturated rings. The number of carbonyl (C=O) groups is 1. The maximum absolute atomic E-state index is 12.3. The highest BCUT2D eigenvalue weighted by atomic mass is 32.2. The normalized spacial score (nSPS) is 11.2. The lowest BCUT2D eigenvalue weighted by molar-refractivity contribution is -0.0498. The summed E-state index contributed by atoms with van der Waals surface area (Å²) in [4.78, 5) is 12.4. The third kappa shape index (κ3) is 6.51. The van der Waals surface area contributed by atoms with Crippen molar-refractivity contribution in [1.29, 1.82) is 0 Å². The van der Waals surface area contributed by atoms with Crippen molar-refractivity contribution in [3.63, 3.8) is 0 Å². The number of hydrogen-bond acceptors (Lipinski definition) is 4. The van der Waals surface area contributed by atoms with E-state index in [9.17, 15) is 22.0 Å². The summed E-state index contributed by atoms with van der Waals surface area (Å²) in [5, 5.41) is 2.76. The van der Waals surface area contributed by atoms with Gasteiger partial charge in [-0.15, -0.1) is 0 Å². The molecule has 0 unspecified atom stereocenters. The van der Waals surface area contributed by atoms with Crippen molar-refractivity contribution in [2.75, 3.05) is 11.3 Å². The molecule has 31 heavy (non-hydrogen) atoms. The van der Waals surface area contributed by atoms with Crippen LogP contribution < -0.4 is 14.8 Å². The molecule has 2 N–H and O–H groups in total. The summed E-state index contributed by atoms with van der Waals surface area (Å²) >= 11 is 0. The van der Waals surface area contributed by atoms with Gasteiger partial charge < -0.3 is 10.1 Å². The van der Waals surface area contributed by atoms with Crippen molar-refractivity contribution in [2.24, 2.45) is 0 Å². The number of hydrogen-bond donors (Lipinski definition) is 2. The maximum Gasteiger partial charge on any atom is 0.387 e. The Hall–Kier alpha value is -3.46.